The highest BCUT2D eigenvalue weighted by molar-refractivity contribution is 9.11. The Kier molecular flexibility index (Phi) is 8.77. The Labute approximate surface area is 159 Å². The minimum atomic E-state index is 0.171. The molecule has 0 aliphatic heterocycles. The minimum Gasteiger partial charge on any atom is -0.487 e. The van der Waals surface area contributed by atoms with Crippen LogP contribution < -0.4 is 15.4 Å². The van der Waals surface area contributed by atoms with Crippen LogP contribution >= 0.6 is 31.9 Å². The number of nitrogens with one attached hydrogen (secondary N) is 2. The molecule has 130 valence electrons. The summed E-state index contributed by atoms with van der Waals surface area (Å²) in [5.41, 5.74) is 2.31. The van der Waals surface area contributed by atoms with Crippen LogP contribution in [0.15, 0.2) is 51.4 Å². The molecule has 0 saturated heterocycles. The molecule has 2 aromatic carbocycles. The summed E-state index contributed by atoms with van der Waals surface area (Å²) in [6.45, 7) is 3.79. The summed E-state index contributed by atoms with van der Waals surface area (Å²) in [6, 6.07) is 14.2. The summed E-state index contributed by atoms with van der Waals surface area (Å²) in [4.78, 5) is 0. The number of aliphatic hydroxyl groups is 1. The van der Waals surface area contributed by atoms with E-state index >= 15 is 0 Å². The second kappa shape index (κ2) is 10.8. The average Bonchev–Trinajstić information content (AvgIpc) is 2.58. The fourth-order valence-electron chi connectivity index (χ4n) is 2.20. The van der Waals surface area contributed by atoms with Gasteiger partial charge in [-0.3, -0.25) is 0 Å². The van der Waals surface area contributed by atoms with Crippen LogP contribution in [0.5, 0.6) is 5.75 Å². The van der Waals surface area contributed by atoms with Crippen molar-refractivity contribution in [1.82, 2.24) is 10.6 Å². The van der Waals surface area contributed by atoms with Gasteiger partial charge in [0, 0.05) is 26.2 Å². The van der Waals surface area contributed by atoms with Crippen LogP contribution in [-0.2, 0) is 13.2 Å². The van der Waals surface area contributed by atoms with Crippen LogP contribution in [0.4, 0.5) is 0 Å². The zero-order valence-corrected chi connectivity index (χ0v) is 16.6. The molecule has 0 aliphatic carbocycles. The van der Waals surface area contributed by atoms with Gasteiger partial charge in [-0.15, -0.1) is 0 Å². The average molecular weight is 458 g/mol. The summed E-state index contributed by atoms with van der Waals surface area (Å²) >= 11 is 7.18. The lowest BCUT2D eigenvalue weighted by molar-refractivity contribution is 0.292. The SMILES string of the molecule is OCCNCCNCc1cc(Br)c(OCc2ccccc2)c(Br)c1. The van der Waals surface area contributed by atoms with Crippen molar-refractivity contribution in [2.75, 3.05) is 26.2 Å². The first-order valence-corrected chi connectivity index (χ1v) is 9.46. The Hall–Kier alpha value is -0.920. The van der Waals surface area contributed by atoms with E-state index in [0.29, 0.717) is 13.2 Å². The van der Waals surface area contributed by atoms with E-state index < -0.39 is 0 Å². The van der Waals surface area contributed by atoms with E-state index in [0.717, 1.165) is 39.9 Å². The topological polar surface area (TPSA) is 53.5 Å². The van der Waals surface area contributed by atoms with Crippen molar-refractivity contribution in [3.8, 4) is 5.75 Å². The van der Waals surface area contributed by atoms with E-state index in [1.165, 1.54) is 5.56 Å². The molecule has 24 heavy (non-hydrogen) atoms. The number of halogens is 2. The molecule has 0 atom stereocenters. The standard InChI is InChI=1S/C18H22Br2N2O2/c19-16-10-15(12-22-7-6-21-8-9-23)11-17(20)18(16)24-13-14-4-2-1-3-5-14/h1-5,10-11,21-23H,6-9,12-13H2. The van der Waals surface area contributed by atoms with Crippen molar-refractivity contribution in [1.29, 1.82) is 0 Å². The van der Waals surface area contributed by atoms with Crippen LogP contribution in [0.3, 0.4) is 0 Å². The smallest absolute Gasteiger partial charge is 0.148 e. The fraction of sp³-hybridized carbons (Fsp3) is 0.333. The van der Waals surface area contributed by atoms with Gasteiger partial charge in [-0.05, 0) is 55.1 Å². The molecule has 2 aromatic rings. The maximum absolute atomic E-state index is 8.70. The maximum atomic E-state index is 8.70. The van der Waals surface area contributed by atoms with E-state index in [4.69, 9.17) is 9.84 Å². The summed E-state index contributed by atoms with van der Waals surface area (Å²) in [7, 11) is 0. The molecule has 3 N–H and O–H groups in total. The van der Waals surface area contributed by atoms with Gasteiger partial charge in [-0.1, -0.05) is 30.3 Å². The first-order chi connectivity index (χ1) is 11.7. The molecule has 0 bridgehead atoms. The van der Waals surface area contributed by atoms with Crippen LogP contribution in [0.25, 0.3) is 0 Å². The van der Waals surface area contributed by atoms with Crippen LogP contribution in [0.2, 0.25) is 0 Å². The van der Waals surface area contributed by atoms with Crippen molar-refractivity contribution < 1.29 is 9.84 Å². The molecule has 0 radical (unpaired) electrons. The summed E-state index contributed by atoms with van der Waals surface area (Å²) in [5.74, 6) is 0.812. The zero-order valence-electron chi connectivity index (χ0n) is 13.4. The van der Waals surface area contributed by atoms with Crippen molar-refractivity contribution in [3.63, 3.8) is 0 Å². The van der Waals surface area contributed by atoms with Crippen molar-refractivity contribution in [2.45, 2.75) is 13.2 Å². The number of benzene rings is 2. The van der Waals surface area contributed by atoms with Gasteiger partial charge in [-0.2, -0.15) is 0 Å². The van der Waals surface area contributed by atoms with Gasteiger partial charge in [-0.25, -0.2) is 0 Å². The Morgan fingerprint density at radius 1 is 0.875 bits per heavy atom. The third-order valence-corrected chi connectivity index (χ3v) is 4.56. The van der Waals surface area contributed by atoms with E-state index in [2.05, 4.69) is 54.6 Å². The van der Waals surface area contributed by atoms with Gasteiger partial charge in [0.05, 0.1) is 15.6 Å². The van der Waals surface area contributed by atoms with Gasteiger partial charge in [0.1, 0.15) is 12.4 Å². The molecular formula is C18H22Br2N2O2. The van der Waals surface area contributed by atoms with Gasteiger partial charge in [0.25, 0.3) is 0 Å². The molecule has 2 rings (SSSR count). The van der Waals surface area contributed by atoms with Crippen molar-refractivity contribution in [3.05, 3.63) is 62.5 Å². The predicted octanol–water partition coefficient (Wildman–Crippen LogP) is 3.46. The van der Waals surface area contributed by atoms with Gasteiger partial charge < -0.3 is 20.5 Å². The molecule has 0 unspecified atom stereocenters. The normalized spacial score (nSPS) is 10.8. The zero-order chi connectivity index (χ0) is 17.2. The maximum Gasteiger partial charge on any atom is 0.148 e. The molecular weight excluding hydrogens is 436 g/mol. The molecule has 0 spiro atoms. The first-order valence-electron chi connectivity index (χ1n) is 7.87. The molecule has 0 aromatic heterocycles. The molecule has 0 aliphatic rings. The summed E-state index contributed by atoms with van der Waals surface area (Å²) in [6.07, 6.45) is 0. The van der Waals surface area contributed by atoms with Gasteiger partial charge >= 0.3 is 0 Å². The van der Waals surface area contributed by atoms with Crippen molar-refractivity contribution in [2.24, 2.45) is 0 Å². The van der Waals surface area contributed by atoms with Crippen LogP contribution in [-0.4, -0.2) is 31.3 Å². The van der Waals surface area contributed by atoms with Crippen LogP contribution in [0, 0.1) is 0 Å². The first kappa shape index (κ1) is 19.4. The third kappa shape index (κ3) is 6.53. The number of ether oxygens (including phenoxy) is 1. The molecule has 0 heterocycles. The second-order valence-electron chi connectivity index (χ2n) is 5.31. The Bertz CT molecular complexity index is 601. The Balaban J connectivity index is 1.86. The quantitative estimate of drug-likeness (QED) is 0.478. The number of hydrogen-bond acceptors (Lipinski definition) is 4. The highest BCUT2D eigenvalue weighted by Crippen LogP contribution is 2.35. The summed E-state index contributed by atoms with van der Waals surface area (Å²) < 4.78 is 7.80. The minimum absolute atomic E-state index is 0.171. The fourth-order valence-corrected chi connectivity index (χ4v) is 3.71. The van der Waals surface area contributed by atoms with E-state index in [1.54, 1.807) is 0 Å². The lowest BCUT2D eigenvalue weighted by atomic mass is 10.2. The lowest BCUT2D eigenvalue weighted by Gasteiger charge is -2.13. The Morgan fingerprint density at radius 3 is 2.21 bits per heavy atom. The molecule has 0 fully saturated rings. The highest BCUT2D eigenvalue weighted by atomic mass is 79.9. The second-order valence-corrected chi connectivity index (χ2v) is 7.02. The molecule has 6 heteroatoms. The van der Waals surface area contributed by atoms with Gasteiger partial charge in [0.2, 0.25) is 0 Å². The van der Waals surface area contributed by atoms with E-state index in [9.17, 15) is 0 Å². The number of hydrogen-bond donors (Lipinski definition) is 3. The largest absolute Gasteiger partial charge is 0.487 e. The molecule has 4 nitrogen and oxygen atoms in total. The lowest BCUT2D eigenvalue weighted by Crippen LogP contribution is -2.28. The van der Waals surface area contributed by atoms with Gasteiger partial charge in [0.15, 0.2) is 0 Å². The summed E-state index contributed by atoms with van der Waals surface area (Å²) in [5, 5.41) is 15.2. The molecule has 0 amide bonds. The highest BCUT2D eigenvalue weighted by Gasteiger charge is 2.09. The third-order valence-electron chi connectivity index (χ3n) is 3.38. The van der Waals surface area contributed by atoms with E-state index in [-0.39, 0.29) is 6.61 Å². The predicted molar refractivity (Wildman–Crippen MR) is 104 cm³/mol. The number of aliphatic hydroxyl groups excluding tert-OH is 1. The van der Waals surface area contributed by atoms with Crippen molar-refractivity contribution >= 4 is 31.9 Å². The Morgan fingerprint density at radius 2 is 1.54 bits per heavy atom. The molecule has 0 saturated carbocycles. The monoisotopic (exact) mass is 456 g/mol. The number of rotatable bonds is 10. The van der Waals surface area contributed by atoms with E-state index in [1.807, 2.05) is 30.3 Å². The van der Waals surface area contributed by atoms with Crippen LogP contribution in [0.1, 0.15) is 11.1 Å².